The Labute approximate surface area is 162 Å². The van der Waals surface area contributed by atoms with Crippen LogP contribution in [0.3, 0.4) is 0 Å². The highest BCUT2D eigenvalue weighted by atomic mass is 16.5. The molecule has 6 nitrogen and oxygen atoms in total. The zero-order valence-corrected chi connectivity index (χ0v) is 16.5. The fraction of sp³-hybridized carbons (Fsp3) is 0.619. The van der Waals surface area contributed by atoms with E-state index in [0.29, 0.717) is 24.5 Å². The maximum absolute atomic E-state index is 12.5. The molecule has 0 bridgehead atoms. The molecule has 148 valence electrons. The maximum atomic E-state index is 12.5. The first-order valence-corrected chi connectivity index (χ1v) is 10.0. The Morgan fingerprint density at radius 2 is 2.30 bits per heavy atom. The lowest BCUT2D eigenvalue weighted by molar-refractivity contribution is -0.138. The highest BCUT2D eigenvalue weighted by Crippen LogP contribution is 2.30. The van der Waals surface area contributed by atoms with Crippen molar-refractivity contribution >= 4 is 5.97 Å². The summed E-state index contributed by atoms with van der Waals surface area (Å²) in [5.41, 5.74) is 8.04. The summed E-state index contributed by atoms with van der Waals surface area (Å²) in [6.07, 6.45) is 12.1. The van der Waals surface area contributed by atoms with Crippen molar-refractivity contribution < 1.29 is 9.53 Å². The van der Waals surface area contributed by atoms with Gasteiger partial charge in [-0.15, -0.1) is 0 Å². The number of nitrogens with two attached hydrogens (primary N) is 1. The molecule has 0 aromatic carbocycles. The minimum absolute atomic E-state index is 0.148. The van der Waals surface area contributed by atoms with E-state index >= 15 is 0 Å². The first kappa shape index (κ1) is 20.9. The van der Waals surface area contributed by atoms with Crippen molar-refractivity contribution in [3.05, 3.63) is 35.3 Å². The second kappa shape index (κ2) is 10.7. The molecule has 1 saturated carbocycles. The van der Waals surface area contributed by atoms with E-state index in [2.05, 4.69) is 23.6 Å². The number of carbonyl (C=O) groups is 1. The Bertz CT molecular complexity index is 645. The number of hydrogen-bond acceptors (Lipinski definition) is 6. The molecule has 1 aliphatic heterocycles. The van der Waals surface area contributed by atoms with Gasteiger partial charge in [0.05, 0.1) is 30.0 Å². The molecule has 6 heteroatoms. The van der Waals surface area contributed by atoms with Crippen LogP contribution in [0, 0.1) is 17.2 Å². The predicted octanol–water partition coefficient (Wildman–Crippen LogP) is 2.99. The van der Waals surface area contributed by atoms with Gasteiger partial charge in [-0.05, 0) is 56.4 Å². The van der Waals surface area contributed by atoms with Crippen LogP contribution >= 0.6 is 0 Å². The summed E-state index contributed by atoms with van der Waals surface area (Å²) < 4.78 is 5.23. The van der Waals surface area contributed by atoms with Gasteiger partial charge in [-0.1, -0.05) is 19.8 Å². The number of hydrogen-bond donors (Lipinski definition) is 3. The van der Waals surface area contributed by atoms with Crippen LogP contribution < -0.4 is 16.4 Å². The van der Waals surface area contributed by atoms with Crippen LogP contribution in [0.5, 0.6) is 0 Å². The minimum Gasteiger partial charge on any atom is -0.462 e. The van der Waals surface area contributed by atoms with Gasteiger partial charge < -0.3 is 21.1 Å². The second-order valence-electron chi connectivity index (χ2n) is 7.16. The quantitative estimate of drug-likeness (QED) is 0.447. The van der Waals surface area contributed by atoms with E-state index < -0.39 is 5.97 Å². The van der Waals surface area contributed by atoms with Crippen molar-refractivity contribution in [1.82, 2.24) is 10.6 Å². The van der Waals surface area contributed by atoms with Crippen LogP contribution in [0.15, 0.2) is 35.3 Å². The van der Waals surface area contributed by atoms with Gasteiger partial charge in [0, 0.05) is 18.7 Å². The molecule has 0 amide bonds. The second-order valence-corrected chi connectivity index (χ2v) is 7.16. The molecule has 0 radical (unpaired) electrons. The van der Waals surface area contributed by atoms with Gasteiger partial charge in [-0.25, -0.2) is 4.79 Å². The van der Waals surface area contributed by atoms with Crippen molar-refractivity contribution in [2.45, 2.75) is 70.9 Å². The van der Waals surface area contributed by atoms with E-state index in [1.54, 1.807) is 6.92 Å². The fourth-order valence-corrected chi connectivity index (χ4v) is 3.99. The molecule has 0 aromatic rings. The fourth-order valence-electron chi connectivity index (χ4n) is 3.99. The molecule has 3 unspecified atom stereocenters. The van der Waals surface area contributed by atoms with Gasteiger partial charge in [0.1, 0.15) is 0 Å². The van der Waals surface area contributed by atoms with Crippen molar-refractivity contribution in [2.75, 3.05) is 6.61 Å². The van der Waals surface area contributed by atoms with Gasteiger partial charge in [0.2, 0.25) is 0 Å². The average Bonchev–Trinajstić information content (AvgIpc) is 3.15. The summed E-state index contributed by atoms with van der Waals surface area (Å²) in [6, 6.07) is 2.66. The van der Waals surface area contributed by atoms with E-state index in [4.69, 9.17) is 15.7 Å². The zero-order valence-electron chi connectivity index (χ0n) is 16.5. The minimum atomic E-state index is -0.401. The Balaban J connectivity index is 2.25. The molecule has 1 fully saturated rings. The number of nitriles is 1. The molecule has 3 atom stereocenters. The zero-order chi connectivity index (χ0) is 19.6. The third-order valence-electron chi connectivity index (χ3n) is 5.36. The van der Waals surface area contributed by atoms with Crippen molar-refractivity contribution in [1.29, 1.82) is 5.26 Å². The number of ether oxygens (including phenoxy) is 1. The lowest BCUT2D eigenvalue weighted by atomic mass is 9.82. The van der Waals surface area contributed by atoms with Crippen LogP contribution in [0.4, 0.5) is 0 Å². The average molecular weight is 373 g/mol. The van der Waals surface area contributed by atoms with E-state index in [9.17, 15) is 4.79 Å². The van der Waals surface area contributed by atoms with Gasteiger partial charge in [0.15, 0.2) is 0 Å². The Hall–Kier alpha value is -2.42. The molecular formula is C21H32N4O2. The summed E-state index contributed by atoms with van der Waals surface area (Å²) in [5, 5.41) is 15.8. The molecule has 0 saturated heterocycles. The third kappa shape index (κ3) is 5.53. The Morgan fingerprint density at radius 3 is 2.96 bits per heavy atom. The molecular weight excluding hydrogens is 340 g/mol. The van der Waals surface area contributed by atoms with Gasteiger partial charge >= 0.3 is 5.97 Å². The SMILES string of the molecule is CCOC(=O)C(=C/N)/C(NC1CCCC(CCC#N)C1)=C1/C=CNC1CC. The van der Waals surface area contributed by atoms with Crippen LogP contribution in [-0.2, 0) is 9.53 Å². The van der Waals surface area contributed by atoms with E-state index in [-0.39, 0.29) is 12.1 Å². The Morgan fingerprint density at radius 1 is 1.48 bits per heavy atom. The number of esters is 1. The molecule has 2 aliphatic rings. The summed E-state index contributed by atoms with van der Waals surface area (Å²) in [6.45, 7) is 4.21. The topological polar surface area (TPSA) is 100 Å². The highest BCUT2D eigenvalue weighted by Gasteiger charge is 2.28. The van der Waals surface area contributed by atoms with Crippen LogP contribution in [0.2, 0.25) is 0 Å². The molecule has 0 spiro atoms. The Kier molecular flexibility index (Phi) is 8.25. The number of nitrogens with one attached hydrogen (secondary N) is 2. The van der Waals surface area contributed by atoms with Crippen molar-refractivity contribution in [3.8, 4) is 6.07 Å². The molecule has 1 aliphatic carbocycles. The number of nitrogens with zero attached hydrogens (tertiary/aromatic N) is 1. The summed E-state index contributed by atoms with van der Waals surface area (Å²) in [4.78, 5) is 12.5. The molecule has 27 heavy (non-hydrogen) atoms. The van der Waals surface area contributed by atoms with Gasteiger partial charge in [0.25, 0.3) is 0 Å². The summed E-state index contributed by atoms with van der Waals surface area (Å²) in [7, 11) is 0. The van der Waals surface area contributed by atoms with Crippen molar-refractivity contribution in [3.63, 3.8) is 0 Å². The highest BCUT2D eigenvalue weighted by molar-refractivity contribution is 5.93. The molecule has 4 N–H and O–H groups in total. The van der Waals surface area contributed by atoms with E-state index in [1.165, 1.54) is 12.6 Å². The van der Waals surface area contributed by atoms with Crippen LogP contribution in [-0.4, -0.2) is 24.7 Å². The predicted molar refractivity (Wildman–Crippen MR) is 106 cm³/mol. The first-order valence-electron chi connectivity index (χ1n) is 10.0. The normalized spacial score (nSPS) is 26.9. The summed E-state index contributed by atoms with van der Waals surface area (Å²) >= 11 is 0. The standard InChI is InChI=1S/C21H32N4O2/c1-3-19-17(10-12-24-19)20(18(14-23)21(26)27-4-2)25-16-9-5-7-15(13-16)8-6-11-22/h10,12,14-16,19,24-25H,3-9,13,23H2,1-2H3/b18-14+,20-17+. The lowest BCUT2D eigenvalue weighted by Gasteiger charge is -2.32. The number of rotatable bonds is 8. The van der Waals surface area contributed by atoms with E-state index in [1.807, 2.05) is 12.3 Å². The lowest BCUT2D eigenvalue weighted by Crippen LogP contribution is -2.37. The third-order valence-corrected chi connectivity index (χ3v) is 5.36. The largest absolute Gasteiger partial charge is 0.462 e. The summed E-state index contributed by atoms with van der Waals surface area (Å²) in [5.74, 6) is 0.149. The van der Waals surface area contributed by atoms with Gasteiger partial charge in [-0.2, -0.15) is 5.26 Å². The first-order chi connectivity index (χ1) is 13.1. The molecule has 1 heterocycles. The van der Waals surface area contributed by atoms with Crippen LogP contribution in [0.25, 0.3) is 0 Å². The van der Waals surface area contributed by atoms with E-state index in [0.717, 1.165) is 43.4 Å². The van der Waals surface area contributed by atoms with Crippen molar-refractivity contribution in [2.24, 2.45) is 11.7 Å². The van der Waals surface area contributed by atoms with Gasteiger partial charge in [-0.3, -0.25) is 0 Å². The smallest absolute Gasteiger partial charge is 0.341 e. The molecule has 2 rings (SSSR count). The number of carbonyl (C=O) groups excluding carboxylic acids is 1. The van der Waals surface area contributed by atoms with Crippen LogP contribution in [0.1, 0.15) is 58.8 Å². The maximum Gasteiger partial charge on any atom is 0.341 e. The molecule has 0 aromatic heterocycles. The monoisotopic (exact) mass is 372 g/mol.